The summed E-state index contributed by atoms with van der Waals surface area (Å²) < 4.78 is 0. The highest BCUT2D eigenvalue weighted by molar-refractivity contribution is 7.14. The zero-order chi connectivity index (χ0) is 17.6. The van der Waals surface area contributed by atoms with Crippen LogP contribution < -0.4 is 16.4 Å². The predicted octanol–water partition coefficient (Wildman–Crippen LogP) is 3.48. The number of rotatable bonds is 6. The first kappa shape index (κ1) is 23.8. The van der Waals surface area contributed by atoms with E-state index in [1.54, 1.807) is 6.07 Å². The van der Waals surface area contributed by atoms with E-state index >= 15 is 0 Å². The Bertz CT molecular complexity index is 724. The normalized spacial score (nSPS) is 18.7. The first-order valence-corrected chi connectivity index (χ1v) is 10.2. The lowest BCUT2D eigenvalue weighted by molar-refractivity contribution is -0.121. The van der Waals surface area contributed by atoms with E-state index in [-0.39, 0.29) is 49.1 Å². The Morgan fingerprint density at radius 1 is 1.22 bits per heavy atom. The summed E-state index contributed by atoms with van der Waals surface area (Å²) >= 11 is 2.71. The van der Waals surface area contributed by atoms with Gasteiger partial charge in [0, 0.05) is 11.4 Å². The maximum atomic E-state index is 12.3. The van der Waals surface area contributed by atoms with E-state index in [0.29, 0.717) is 28.2 Å². The lowest BCUT2D eigenvalue weighted by atomic mass is 9.84. The number of nitrogens with one attached hydrogen (secondary N) is 2. The van der Waals surface area contributed by atoms with Gasteiger partial charge in [-0.15, -0.1) is 47.5 Å². The number of hydrogen-bond donors (Lipinski definition) is 3. The molecule has 10 heteroatoms. The predicted molar refractivity (Wildman–Crippen MR) is 116 cm³/mol. The standard InChI is InChI=1S/C17H22N4O2S2.2ClH/c18-9-11-4-1-2-5-13(11)20-15(22)8-12-10-25-17(19-12)21-16(23)14-6-3-7-24-14;;/h3,6-7,10-11,13H,1-2,4-5,8-9,18H2,(H,20,22)(H,19,21,23);2*1H. The average Bonchev–Trinajstić information content (AvgIpc) is 3.27. The summed E-state index contributed by atoms with van der Waals surface area (Å²) in [6.07, 6.45) is 4.62. The molecule has 2 aromatic heterocycles. The molecule has 6 nitrogen and oxygen atoms in total. The molecule has 3 rings (SSSR count). The fourth-order valence-corrected chi connectivity index (χ4v) is 4.44. The molecule has 1 saturated carbocycles. The summed E-state index contributed by atoms with van der Waals surface area (Å²) in [7, 11) is 0. The topological polar surface area (TPSA) is 97.1 Å². The number of anilines is 1. The van der Waals surface area contributed by atoms with Crippen molar-refractivity contribution in [1.29, 1.82) is 0 Å². The molecule has 0 bridgehead atoms. The van der Waals surface area contributed by atoms with E-state index in [2.05, 4.69) is 15.6 Å². The summed E-state index contributed by atoms with van der Waals surface area (Å²) in [4.78, 5) is 29.3. The molecule has 27 heavy (non-hydrogen) atoms. The maximum Gasteiger partial charge on any atom is 0.267 e. The number of carbonyl (C=O) groups excluding carboxylic acids is 2. The molecule has 0 aromatic carbocycles. The third-order valence-electron chi connectivity index (χ3n) is 4.42. The molecule has 4 N–H and O–H groups in total. The van der Waals surface area contributed by atoms with Gasteiger partial charge in [-0.2, -0.15) is 0 Å². The van der Waals surface area contributed by atoms with E-state index in [1.165, 1.54) is 29.1 Å². The lowest BCUT2D eigenvalue weighted by Gasteiger charge is -2.31. The molecular formula is C17H24Cl2N4O2S2. The van der Waals surface area contributed by atoms with Crippen molar-refractivity contribution in [3.05, 3.63) is 33.5 Å². The average molecular weight is 451 g/mol. The number of hydrogen-bond acceptors (Lipinski definition) is 6. The van der Waals surface area contributed by atoms with Crippen molar-refractivity contribution in [2.45, 2.75) is 38.1 Å². The number of amides is 2. The van der Waals surface area contributed by atoms with E-state index in [9.17, 15) is 9.59 Å². The highest BCUT2D eigenvalue weighted by atomic mass is 35.5. The van der Waals surface area contributed by atoms with Crippen molar-refractivity contribution < 1.29 is 9.59 Å². The molecule has 2 unspecified atom stereocenters. The van der Waals surface area contributed by atoms with Crippen LogP contribution in [0.25, 0.3) is 0 Å². The van der Waals surface area contributed by atoms with Crippen LogP contribution in [0.3, 0.4) is 0 Å². The summed E-state index contributed by atoms with van der Waals surface area (Å²) in [5, 5.41) is 10.0. The van der Waals surface area contributed by atoms with Crippen LogP contribution in [-0.4, -0.2) is 29.4 Å². The Morgan fingerprint density at radius 2 is 2.00 bits per heavy atom. The van der Waals surface area contributed by atoms with Gasteiger partial charge in [-0.05, 0) is 36.8 Å². The fraction of sp³-hybridized carbons (Fsp3) is 0.471. The number of nitrogens with two attached hydrogens (primary N) is 1. The second-order valence-electron chi connectivity index (χ2n) is 6.21. The highest BCUT2D eigenvalue weighted by Gasteiger charge is 2.25. The van der Waals surface area contributed by atoms with Gasteiger partial charge in [-0.3, -0.25) is 14.9 Å². The van der Waals surface area contributed by atoms with Crippen LogP contribution >= 0.6 is 47.5 Å². The Kier molecular flexibility index (Phi) is 10.3. The largest absolute Gasteiger partial charge is 0.353 e. The first-order chi connectivity index (χ1) is 12.2. The smallest absolute Gasteiger partial charge is 0.267 e. The van der Waals surface area contributed by atoms with Gasteiger partial charge in [-0.1, -0.05) is 18.9 Å². The van der Waals surface area contributed by atoms with Gasteiger partial charge in [0.2, 0.25) is 5.91 Å². The molecule has 2 amide bonds. The van der Waals surface area contributed by atoms with Crippen molar-refractivity contribution in [3.63, 3.8) is 0 Å². The van der Waals surface area contributed by atoms with Crippen molar-refractivity contribution >= 4 is 64.4 Å². The molecule has 1 aliphatic rings. The van der Waals surface area contributed by atoms with Gasteiger partial charge < -0.3 is 11.1 Å². The van der Waals surface area contributed by atoms with Crippen LogP contribution in [0.1, 0.15) is 41.0 Å². The number of nitrogens with zero attached hydrogens (tertiary/aromatic N) is 1. The summed E-state index contributed by atoms with van der Waals surface area (Å²) in [6.45, 7) is 0.612. The van der Waals surface area contributed by atoms with E-state index < -0.39 is 0 Å². The van der Waals surface area contributed by atoms with Crippen molar-refractivity contribution in [3.8, 4) is 0 Å². The van der Waals surface area contributed by atoms with Gasteiger partial charge in [0.1, 0.15) is 0 Å². The van der Waals surface area contributed by atoms with E-state index in [0.717, 1.165) is 19.3 Å². The van der Waals surface area contributed by atoms with Gasteiger partial charge in [0.25, 0.3) is 5.91 Å². The number of carbonyl (C=O) groups is 2. The molecule has 0 spiro atoms. The van der Waals surface area contributed by atoms with Crippen LogP contribution in [0.5, 0.6) is 0 Å². The number of halogens is 2. The molecule has 1 aliphatic carbocycles. The van der Waals surface area contributed by atoms with Gasteiger partial charge in [0.15, 0.2) is 5.13 Å². The van der Waals surface area contributed by atoms with Crippen molar-refractivity contribution in [1.82, 2.24) is 10.3 Å². The lowest BCUT2D eigenvalue weighted by Crippen LogP contribution is -2.45. The van der Waals surface area contributed by atoms with Crippen LogP contribution in [0.4, 0.5) is 5.13 Å². The molecule has 2 aromatic rings. The minimum Gasteiger partial charge on any atom is -0.353 e. The molecule has 0 aliphatic heterocycles. The second-order valence-corrected chi connectivity index (χ2v) is 8.01. The third kappa shape index (κ3) is 6.73. The van der Waals surface area contributed by atoms with Crippen LogP contribution in [0.2, 0.25) is 0 Å². The number of aromatic nitrogens is 1. The number of thiazole rings is 1. The summed E-state index contributed by atoms with van der Waals surface area (Å²) in [6, 6.07) is 3.76. The Hall–Kier alpha value is -1.19. The van der Waals surface area contributed by atoms with Gasteiger partial charge in [-0.25, -0.2) is 4.98 Å². The molecule has 0 radical (unpaired) electrons. The number of thiophene rings is 1. The van der Waals surface area contributed by atoms with Crippen LogP contribution in [-0.2, 0) is 11.2 Å². The Labute approximate surface area is 179 Å². The van der Waals surface area contributed by atoms with Gasteiger partial charge in [0.05, 0.1) is 17.0 Å². The molecule has 1 fully saturated rings. The van der Waals surface area contributed by atoms with Crippen LogP contribution in [0, 0.1) is 5.92 Å². The summed E-state index contributed by atoms with van der Waals surface area (Å²) in [5.41, 5.74) is 6.48. The molecule has 150 valence electrons. The second kappa shape index (κ2) is 11.6. The summed E-state index contributed by atoms with van der Waals surface area (Å²) in [5.74, 6) is 0.161. The van der Waals surface area contributed by atoms with E-state index in [1.807, 2.05) is 16.8 Å². The third-order valence-corrected chi connectivity index (χ3v) is 6.09. The van der Waals surface area contributed by atoms with Crippen molar-refractivity contribution in [2.75, 3.05) is 11.9 Å². The molecule has 0 saturated heterocycles. The fourth-order valence-electron chi connectivity index (χ4n) is 3.11. The zero-order valence-electron chi connectivity index (χ0n) is 14.7. The Balaban J connectivity index is 0.00000182. The maximum absolute atomic E-state index is 12.3. The monoisotopic (exact) mass is 450 g/mol. The van der Waals surface area contributed by atoms with E-state index in [4.69, 9.17) is 5.73 Å². The highest BCUT2D eigenvalue weighted by Crippen LogP contribution is 2.24. The van der Waals surface area contributed by atoms with Crippen molar-refractivity contribution in [2.24, 2.45) is 11.7 Å². The minimum absolute atomic E-state index is 0. The SMILES string of the molecule is Cl.Cl.NCC1CCCCC1NC(=O)Cc1csc(NC(=O)c2cccs2)n1. The Morgan fingerprint density at radius 3 is 2.70 bits per heavy atom. The van der Waals surface area contributed by atoms with Gasteiger partial charge >= 0.3 is 0 Å². The first-order valence-electron chi connectivity index (χ1n) is 8.44. The molecule has 2 atom stereocenters. The zero-order valence-corrected chi connectivity index (χ0v) is 17.9. The molecule has 2 heterocycles. The molecular weight excluding hydrogens is 427 g/mol. The van der Waals surface area contributed by atoms with Crippen LogP contribution in [0.15, 0.2) is 22.9 Å². The quantitative estimate of drug-likeness (QED) is 0.627. The minimum atomic E-state index is -0.173.